The van der Waals surface area contributed by atoms with Gasteiger partial charge in [0.05, 0.1) is 6.54 Å². The van der Waals surface area contributed by atoms with E-state index in [9.17, 15) is 4.79 Å². The lowest BCUT2D eigenvalue weighted by Gasteiger charge is -2.02. The summed E-state index contributed by atoms with van der Waals surface area (Å²) in [5.74, 6) is 0.220. The van der Waals surface area contributed by atoms with Crippen LogP contribution in [-0.4, -0.2) is 31.1 Å². The van der Waals surface area contributed by atoms with Gasteiger partial charge in [-0.05, 0) is 6.42 Å². The second-order valence-electron chi connectivity index (χ2n) is 2.53. The standard InChI is InChI=1S/C6H9NO2/c8-5-3-7-4-1-2-9-6(4)5/h4,6-7H,1-3H2. The summed E-state index contributed by atoms with van der Waals surface area (Å²) in [6.07, 6.45) is 0.890. The molecule has 2 fully saturated rings. The third kappa shape index (κ3) is 0.686. The first-order valence-electron chi connectivity index (χ1n) is 3.25. The Hall–Kier alpha value is -0.410. The molecule has 0 bridgehead atoms. The number of hydrogen-bond donors (Lipinski definition) is 1. The van der Waals surface area contributed by atoms with Crippen molar-refractivity contribution in [3.63, 3.8) is 0 Å². The lowest BCUT2D eigenvalue weighted by atomic mass is 10.1. The van der Waals surface area contributed by atoms with Crippen molar-refractivity contribution in [2.75, 3.05) is 13.2 Å². The number of fused-ring (bicyclic) bond motifs is 1. The maximum absolute atomic E-state index is 10.9. The van der Waals surface area contributed by atoms with E-state index in [1.807, 2.05) is 0 Å². The van der Waals surface area contributed by atoms with Crippen molar-refractivity contribution in [1.82, 2.24) is 5.32 Å². The summed E-state index contributed by atoms with van der Waals surface area (Å²) in [6, 6.07) is 0.331. The fourth-order valence-corrected chi connectivity index (χ4v) is 1.45. The SMILES string of the molecule is O=C1CNC2CCOC12. The lowest BCUT2D eigenvalue weighted by molar-refractivity contribution is -0.124. The van der Waals surface area contributed by atoms with Gasteiger partial charge in [0, 0.05) is 12.6 Å². The molecule has 2 heterocycles. The highest BCUT2D eigenvalue weighted by molar-refractivity contribution is 5.88. The summed E-state index contributed by atoms with van der Waals surface area (Å²) in [7, 11) is 0. The van der Waals surface area contributed by atoms with Crippen LogP contribution >= 0.6 is 0 Å². The molecule has 0 aromatic heterocycles. The molecule has 0 radical (unpaired) electrons. The minimum Gasteiger partial charge on any atom is -0.369 e. The summed E-state index contributed by atoms with van der Waals surface area (Å²) < 4.78 is 5.18. The molecule has 0 aromatic rings. The van der Waals surface area contributed by atoms with Gasteiger partial charge in [-0.3, -0.25) is 4.79 Å². The zero-order valence-corrected chi connectivity index (χ0v) is 5.09. The number of Topliss-reactive ketones (excluding diaryl/α,β-unsaturated/α-hetero) is 1. The molecule has 1 N–H and O–H groups in total. The van der Waals surface area contributed by atoms with E-state index < -0.39 is 0 Å². The molecule has 9 heavy (non-hydrogen) atoms. The van der Waals surface area contributed by atoms with Gasteiger partial charge in [-0.2, -0.15) is 0 Å². The van der Waals surface area contributed by atoms with Crippen molar-refractivity contribution >= 4 is 5.78 Å². The fraction of sp³-hybridized carbons (Fsp3) is 0.833. The van der Waals surface area contributed by atoms with Gasteiger partial charge in [0.2, 0.25) is 0 Å². The molecule has 50 valence electrons. The minimum atomic E-state index is -0.106. The van der Waals surface area contributed by atoms with Gasteiger partial charge in [-0.15, -0.1) is 0 Å². The zero-order valence-electron chi connectivity index (χ0n) is 5.09. The minimum absolute atomic E-state index is 0.106. The Kier molecular flexibility index (Phi) is 1.07. The first-order chi connectivity index (χ1) is 4.38. The number of carbonyl (C=O) groups excluding carboxylic acids is 1. The van der Waals surface area contributed by atoms with E-state index in [4.69, 9.17) is 4.74 Å². The van der Waals surface area contributed by atoms with Crippen LogP contribution in [-0.2, 0) is 9.53 Å². The normalized spacial score (nSPS) is 41.6. The maximum atomic E-state index is 10.9. The quantitative estimate of drug-likeness (QED) is 0.468. The molecule has 3 nitrogen and oxygen atoms in total. The second kappa shape index (κ2) is 1.78. The first-order valence-corrected chi connectivity index (χ1v) is 3.25. The van der Waals surface area contributed by atoms with Crippen LogP contribution < -0.4 is 5.32 Å². The van der Waals surface area contributed by atoms with Crippen LogP contribution in [0.3, 0.4) is 0 Å². The molecule has 2 rings (SSSR count). The van der Waals surface area contributed by atoms with Crippen LogP contribution in [0.2, 0.25) is 0 Å². The summed E-state index contributed by atoms with van der Waals surface area (Å²) in [5.41, 5.74) is 0. The van der Waals surface area contributed by atoms with Crippen molar-refractivity contribution in [3.05, 3.63) is 0 Å². The van der Waals surface area contributed by atoms with E-state index in [2.05, 4.69) is 5.32 Å². The Bertz CT molecular complexity index is 146. The number of nitrogens with one attached hydrogen (secondary N) is 1. The predicted molar refractivity (Wildman–Crippen MR) is 31.2 cm³/mol. The molecule has 0 amide bonds. The number of ketones is 1. The Morgan fingerprint density at radius 1 is 1.67 bits per heavy atom. The maximum Gasteiger partial charge on any atom is 0.176 e. The molecule has 2 saturated heterocycles. The Morgan fingerprint density at radius 3 is 3.33 bits per heavy atom. The van der Waals surface area contributed by atoms with E-state index in [0.29, 0.717) is 12.6 Å². The van der Waals surface area contributed by atoms with E-state index >= 15 is 0 Å². The van der Waals surface area contributed by atoms with Gasteiger partial charge in [0.25, 0.3) is 0 Å². The average Bonchev–Trinajstić information content (AvgIpc) is 2.35. The summed E-state index contributed by atoms with van der Waals surface area (Å²) in [4.78, 5) is 10.9. The van der Waals surface area contributed by atoms with Crippen molar-refractivity contribution in [3.8, 4) is 0 Å². The average molecular weight is 127 g/mol. The van der Waals surface area contributed by atoms with Crippen LogP contribution in [0.15, 0.2) is 0 Å². The molecular formula is C6H9NO2. The third-order valence-electron chi connectivity index (χ3n) is 1.95. The highest BCUT2D eigenvalue weighted by Crippen LogP contribution is 2.18. The number of hydrogen-bond acceptors (Lipinski definition) is 3. The fourth-order valence-electron chi connectivity index (χ4n) is 1.45. The van der Waals surface area contributed by atoms with Crippen LogP contribution in [0, 0.1) is 0 Å². The number of ether oxygens (including phenoxy) is 1. The summed E-state index contributed by atoms with van der Waals surface area (Å²) in [5, 5.41) is 3.09. The van der Waals surface area contributed by atoms with Crippen LogP contribution in [0.25, 0.3) is 0 Å². The highest BCUT2D eigenvalue weighted by Gasteiger charge is 2.38. The van der Waals surface area contributed by atoms with Crippen LogP contribution in [0.5, 0.6) is 0 Å². The van der Waals surface area contributed by atoms with E-state index in [0.717, 1.165) is 13.0 Å². The van der Waals surface area contributed by atoms with Gasteiger partial charge < -0.3 is 10.1 Å². The van der Waals surface area contributed by atoms with Crippen molar-refractivity contribution in [1.29, 1.82) is 0 Å². The molecule has 0 aromatic carbocycles. The van der Waals surface area contributed by atoms with Crippen molar-refractivity contribution in [2.45, 2.75) is 18.6 Å². The Labute approximate surface area is 53.4 Å². The third-order valence-corrected chi connectivity index (χ3v) is 1.95. The predicted octanol–water partition coefficient (Wildman–Crippen LogP) is -0.684. The molecule has 0 saturated carbocycles. The molecule has 2 atom stereocenters. The summed E-state index contributed by atoms with van der Waals surface area (Å²) in [6.45, 7) is 1.25. The van der Waals surface area contributed by atoms with Crippen molar-refractivity contribution in [2.24, 2.45) is 0 Å². The number of rotatable bonds is 0. The molecule has 3 heteroatoms. The lowest BCUT2D eigenvalue weighted by Crippen LogP contribution is -2.26. The molecule has 0 spiro atoms. The highest BCUT2D eigenvalue weighted by atomic mass is 16.5. The molecular weight excluding hydrogens is 118 g/mol. The van der Waals surface area contributed by atoms with Gasteiger partial charge in [-0.1, -0.05) is 0 Å². The van der Waals surface area contributed by atoms with E-state index in [1.54, 1.807) is 0 Å². The van der Waals surface area contributed by atoms with Gasteiger partial charge in [-0.25, -0.2) is 0 Å². The second-order valence-corrected chi connectivity index (χ2v) is 2.53. The first kappa shape index (κ1) is 5.38. The molecule has 2 aliphatic heterocycles. The van der Waals surface area contributed by atoms with Crippen LogP contribution in [0.4, 0.5) is 0 Å². The topological polar surface area (TPSA) is 38.3 Å². The molecule has 2 unspecified atom stereocenters. The van der Waals surface area contributed by atoms with Gasteiger partial charge >= 0.3 is 0 Å². The zero-order chi connectivity index (χ0) is 6.27. The van der Waals surface area contributed by atoms with E-state index in [-0.39, 0.29) is 11.9 Å². The van der Waals surface area contributed by atoms with Gasteiger partial charge in [0.15, 0.2) is 5.78 Å². The van der Waals surface area contributed by atoms with E-state index in [1.165, 1.54) is 0 Å². The number of carbonyl (C=O) groups is 1. The van der Waals surface area contributed by atoms with Crippen LogP contribution in [0.1, 0.15) is 6.42 Å². The summed E-state index contributed by atoms with van der Waals surface area (Å²) >= 11 is 0. The molecule has 2 aliphatic rings. The smallest absolute Gasteiger partial charge is 0.176 e. The van der Waals surface area contributed by atoms with Gasteiger partial charge in [0.1, 0.15) is 6.10 Å². The monoisotopic (exact) mass is 127 g/mol. The van der Waals surface area contributed by atoms with Crippen molar-refractivity contribution < 1.29 is 9.53 Å². The molecule has 0 aliphatic carbocycles. The Balaban J connectivity index is 2.15. The largest absolute Gasteiger partial charge is 0.369 e. The Morgan fingerprint density at radius 2 is 2.56 bits per heavy atom.